The van der Waals surface area contributed by atoms with Gasteiger partial charge in [-0.1, -0.05) is 20.8 Å². The predicted octanol–water partition coefficient (Wildman–Crippen LogP) is 2.28. The molecule has 1 fully saturated rings. The highest BCUT2D eigenvalue weighted by Gasteiger charge is 2.62. The summed E-state index contributed by atoms with van der Waals surface area (Å²) in [5, 5.41) is 7.44. The second kappa shape index (κ2) is 4.33. The van der Waals surface area contributed by atoms with Crippen molar-refractivity contribution >= 4 is 5.95 Å². The monoisotopic (exact) mass is 274 g/mol. The van der Waals surface area contributed by atoms with E-state index in [1.807, 2.05) is 6.92 Å². The summed E-state index contributed by atoms with van der Waals surface area (Å²) in [5.74, 6) is 3.01. The van der Waals surface area contributed by atoms with Crippen LogP contribution in [0, 0.1) is 12.3 Å². The van der Waals surface area contributed by atoms with E-state index in [2.05, 4.69) is 45.9 Å². The van der Waals surface area contributed by atoms with Gasteiger partial charge in [0.15, 0.2) is 11.8 Å². The maximum Gasteiger partial charge on any atom is 0.197 e. The van der Waals surface area contributed by atoms with E-state index in [9.17, 15) is 0 Å². The van der Waals surface area contributed by atoms with Crippen molar-refractivity contribution in [3.05, 3.63) is 23.0 Å². The first kappa shape index (κ1) is 13.1. The van der Waals surface area contributed by atoms with Crippen LogP contribution >= 0.6 is 0 Å². The van der Waals surface area contributed by atoms with Crippen molar-refractivity contribution < 1.29 is 0 Å². The van der Waals surface area contributed by atoms with Crippen LogP contribution in [0.15, 0.2) is 0 Å². The SMILES string of the molecule is CCCc1nc(C2C(c3nc(N)[nH]c3C)C2(C)C)n[nH]1. The second-order valence-electron chi connectivity index (χ2n) is 6.30. The zero-order valence-corrected chi connectivity index (χ0v) is 12.5. The quantitative estimate of drug-likeness (QED) is 0.796. The third-order valence-electron chi connectivity index (χ3n) is 4.38. The molecule has 0 saturated heterocycles. The topological polar surface area (TPSA) is 96.3 Å². The van der Waals surface area contributed by atoms with Gasteiger partial charge in [-0.05, 0) is 18.8 Å². The van der Waals surface area contributed by atoms with Gasteiger partial charge in [0.1, 0.15) is 5.82 Å². The number of imidazole rings is 1. The minimum Gasteiger partial charge on any atom is -0.369 e. The molecule has 2 aromatic heterocycles. The van der Waals surface area contributed by atoms with Gasteiger partial charge in [0.2, 0.25) is 0 Å². The Bertz CT molecular complexity index is 623. The zero-order chi connectivity index (χ0) is 14.5. The van der Waals surface area contributed by atoms with Crippen LogP contribution in [0.25, 0.3) is 0 Å². The molecule has 0 spiro atoms. The van der Waals surface area contributed by atoms with E-state index in [0.29, 0.717) is 17.8 Å². The first-order valence-corrected chi connectivity index (χ1v) is 7.18. The molecule has 0 aromatic carbocycles. The summed E-state index contributed by atoms with van der Waals surface area (Å²) in [6, 6.07) is 0. The molecule has 108 valence electrons. The molecule has 1 aliphatic rings. The lowest BCUT2D eigenvalue weighted by Gasteiger charge is -1.99. The summed E-state index contributed by atoms with van der Waals surface area (Å²) in [7, 11) is 0. The van der Waals surface area contributed by atoms with Gasteiger partial charge in [-0.15, -0.1) is 0 Å². The van der Waals surface area contributed by atoms with E-state index < -0.39 is 0 Å². The van der Waals surface area contributed by atoms with Gasteiger partial charge in [0.05, 0.1) is 5.69 Å². The van der Waals surface area contributed by atoms with Crippen molar-refractivity contribution in [2.24, 2.45) is 5.41 Å². The molecular weight excluding hydrogens is 252 g/mol. The number of hydrogen-bond donors (Lipinski definition) is 3. The van der Waals surface area contributed by atoms with Gasteiger partial charge in [-0.25, -0.2) is 9.97 Å². The van der Waals surface area contributed by atoms with Crippen molar-refractivity contribution in [1.29, 1.82) is 0 Å². The van der Waals surface area contributed by atoms with Crippen LogP contribution in [0.1, 0.15) is 62.1 Å². The fourth-order valence-electron chi connectivity index (χ4n) is 3.23. The number of anilines is 1. The van der Waals surface area contributed by atoms with E-state index in [-0.39, 0.29) is 5.41 Å². The summed E-state index contributed by atoms with van der Waals surface area (Å²) in [4.78, 5) is 12.2. The molecule has 0 radical (unpaired) electrons. The van der Waals surface area contributed by atoms with E-state index in [1.54, 1.807) is 0 Å². The molecule has 0 aliphatic heterocycles. The molecule has 4 N–H and O–H groups in total. The number of nitrogens with one attached hydrogen (secondary N) is 2. The second-order valence-corrected chi connectivity index (χ2v) is 6.30. The molecule has 3 rings (SSSR count). The molecule has 1 saturated carbocycles. The Balaban J connectivity index is 1.89. The first-order valence-electron chi connectivity index (χ1n) is 7.18. The standard InChI is InChI=1S/C14H22N6/c1-5-6-8-17-12(20-19-8)10-9(14(10,3)4)11-7(2)16-13(15)18-11/h9-10H,5-6H2,1-4H3,(H3,15,16,18)(H,17,19,20). The minimum absolute atomic E-state index is 0.123. The van der Waals surface area contributed by atoms with E-state index in [1.165, 1.54) is 0 Å². The maximum absolute atomic E-state index is 5.76. The molecule has 6 heteroatoms. The van der Waals surface area contributed by atoms with Crippen LogP contribution in [0.4, 0.5) is 5.95 Å². The lowest BCUT2D eigenvalue weighted by molar-refractivity contribution is 0.590. The third kappa shape index (κ3) is 1.90. The molecule has 0 bridgehead atoms. The van der Waals surface area contributed by atoms with E-state index >= 15 is 0 Å². The molecule has 0 amide bonds. The third-order valence-corrected chi connectivity index (χ3v) is 4.38. The van der Waals surface area contributed by atoms with Crippen molar-refractivity contribution in [1.82, 2.24) is 25.1 Å². The molecule has 2 atom stereocenters. The van der Waals surface area contributed by atoms with Gasteiger partial charge in [0, 0.05) is 24.0 Å². The van der Waals surface area contributed by atoms with E-state index in [4.69, 9.17) is 5.73 Å². The number of nitrogens with two attached hydrogens (primary N) is 1. The lowest BCUT2D eigenvalue weighted by Crippen LogP contribution is -1.93. The van der Waals surface area contributed by atoms with Crippen LogP contribution in [-0.2, 0) is 6.42 Å². The average Bonchev–Trinajstić information content (AvgIpc) is 2.70. The number of nitrogen functional groups attached to an aromatic ring is 1. The van der Waals surface area contributed by atoms with Crippen LogP contribution in [0.5, 0.6) is 0 Å². The summed E-state index contributed by atoms with van der Waals surface area (Å²) < 4.78 is 0. The summed E-state index contributed by atoms with van der Waals surface area (Å²) in [6.07, 6.45) is 2.01. The Labute approximate surface area is 118 Å². The van der Waals surface area contributed by atoms with Crippen molar-refractivity contribution in [2.75, 3.05) is 5.73 Å². The van der Waals surface area contributed by atoms with Gasteiger partial charge in [-0.3, -0.25) is 5.10 Å². The Morgan fingerprint density at radius 2 is 2.00 bits per heavy atom. The first-order chi connectivity index (χ1) is 9.45. The smallest absolute Gasteiger partial charge is 0.197 e. The van der Waals surface area contributed by atoms with Crippen molar-refractivity contribution in [3.8, 4) is 0 Å². The van der Waals surface area contributed by atoms with Crippen molar-refractivity contribution in [3.63, 3.8) is 0 Å². The Morgan fingerprint density at radius 1 is 1.25 bits per heavy atom. The van der Waals surface area contributed by atoms with Crippen LogP contribution in [0.3, 0.4) is 0 Å². The van der Waals surface area contributed by atoms with Gasteiger partial charge < -0.3 is 10.7 Å². The Morgan fingerprint density at radius 3 is 2.60 bits per heavy atom. The van der Waals surface area contributed by atoms with Crippen LogP contribution in [0.2, 0.25) is 0 Å². The van der Waals surface area contributed by atoms with Gasteiger partial charge in [-0.2, -0.15) is 5.10 Å². The lowest BCUT2D eigenvalue weighted by atomic mass is 10.1. The molecule has 2 unspecified atom stereocenters. The average molecular weight is 274 g/mol. The van der Waals surface area contributed by atoms with Gasteiger partial charge >= 0.3 is 0 Å². The number of nitrogens with zero attached hydrogens (tertiary/aromatic N) is 3. The number of aromatic nitrogens is 5. The number of aryl methyl sites for hydroxylation is 2. The molecular formula is C14H22N6. The molecule has 2 aromatic rings. The Hall–Kier alpha value is -1.85. The largest absolute Gasteiger partial charge is 0.369 e. The molecule has 2 heterocycles. The summed E-state index contributed by atoms with van der Waals surface area (Å²) in [5.41, 5.74) is 7.98. The van der Waals surface area contributed by atoms with Crippen LogP contribution in [-0.4, -0.2) is 25.1 Å². The fraction of sp³-hybridized carbons (Fsp3) is 0.643. The highest BCUT2D eigenvalue weighted by Crippen LogP contribution is 2.69. The Kier molecular flexibility index (Phi) is 2.84. The number of H-pyrrole nitrogens is 2. The highest BCUT2D eigenvalue weighted by atomic mass is 15.2. The number of hydrogen-bond acceptors (Lipinski definition) is 4. The summed E-state index contributed by atoms with van der Waals surface area (Å²) >= 11 is 0. The number of rotatable bonds is 4. The molecule has 20 heavy (non-hydrogen) atoms. The molecule has 6 nitrogen and oxygen atoms in total. The normalized spacial score (nSPS) is 24.0. The zero-order valence-electron chi connectivity index (χ0n) is 12.5. The van der Waals surface area contributed by atoms with Crippen LogP contribution < -0.4 is 5.73 Å². The predicted molar refractivity (Wildman–Crippen MR) is 77.4 cm³/mol. The minimum atomic E-state index is 0.123. The highest BCUT2D eigenvalue weighted by molar-refractivity contribution is 5.39. The van der Waals surface area contributed by atoms with Crippen molar-refractivity contribution in [2.45, 2.75) is 52.4 Å². The summed E-state index contributed by atoms with van der Waals surface area (Å²) in [6.45, 7) is 8.64. The van der Waals surface area contributed by atoms with E-state index in [0.717, 1.165) is 35.9 Å². The van der Waals surface area contributed by atoms with Gasteiger partial charge in [0.25, 0.3) is 0 Å². The fourth-order valence-corrected chi connectivity index (χ4v) is 3.23. The number of aromatic amines is 2. The molecule has 1 aliphatic carbocycles. The maximum atomic E-state index is 5.76.